The van der Waals surface area contributed by atoms with Crippen LogP contribution < -0.4 is 9.47 Å². The molecule has 0 saturated carbocycles. The van der Waals surface area contributed by atoms with Gasteiger partial charge in [-0.05, 0) is 29.7 Å². The van der Waals surface area contributed by atoms with E-state index < -0.39 is 0 Å². The minimum absolute atomic E-state index is 0.178. The molecule has 158 valence electrons. The number of carbonyl (C=O) groups is 1. The smallest absolute Gasteiger partial charge is 0.307 e. The van der Waals surface area contributed by atoms with E-state index in [0.29, 0.717) is 29.8 Å². The third-order valence-electron chi connectivity index (χ3n) is 5.16. The summed E-state index contributed by atoms with van der Waals surface area (Å²) < 4.78 is 21.3. The minimum atomic E-state index is -0.272. The van der Waals surface area contributed by atoms with Crippen LogP contribution in [0.5, 0.6) is 11.5 Å². The summed E-state index contributed by atoms with van der Waals surface area (Å²) in [5.74, 6) is 2.25. The molecule has 29 heavy (non-hydrogen) atoms. The SMILES string of the molecule is COC(=O)C[C@@H]1c2cc(OC)c(OC)cc2CCN1Cc1noc(C(C)(C)C)n1. The monoisotopic (exact) mass is 403 g/mol. The molecule has 2 heterocycles. The molecule has 0 radical (unpaired) electrons. The first-order valence-corrected chi connectivity index (χ1v) is 9.65. The molecule has 0 aliphatic carbocycles. The fourth-order valence-electron chi connectivity index (χ4n) is 3.55. The van der Waals surface area contributed by atoms with Gasteiger partial charge in [-0.25, -0.2) is 0 Å². The number of aromatic nitrogens is 2. The number of nitrogens with zero attached hydrogens (tertiary/aromatic N) is 3. The van der Waals surface area contributed by atoms with Crippen molar-refractivity contribution in [3.05, 3.63) is 35.0 Å². The van der Waals surface area contributed by atoms with Gasteiger partial charge in [0.1, 0.15) is 0 Å². The van der Waals surface area contributed by atoms with Crippen molar-refractivity contribution in [1.82, 2.24) is 15.0 Å². The van der Waals surface area contributed by atoms with Crippen molar-refractivity contribution in [2.75, 3.05) is 27.9 Å². The molecule has 0 amide bonds. The molecule has 3 rings (SSSR count). The predicted octanol–water partition coefficient (Wildman–Crippen LogP) is 3.05. The van der Waals surface area contributed by atoms with Crippen LogP contribution in [-0.2, 0) is 27.9 Å². The highest BCUT2D eigenvalue weighted by Gasteiger charge is 2.32. The van der Waals surface area contributed by atoms with E-state index in [0.717, 1.165) is 24.1 Å². The van der Waals surface area contributed by atoms with Gasteiger partial charge >= 0.3 is 5.97 Å². The summed E-state index contributed by atoms with van der Waals surface area (Å²) >= 11 is 0. The second-order valence-electron chi connectivity index (χ2n) is 8.19. The topological polar surface area (TPSA) is 86.9 Å². The highest BCUT2D eigenvalue weighted by Crippen LogP contribution is 2.40. The zero-order chi connectivity index (χ0) is 21.2. The summed E-state index contributed by atoms with van der Waals surface area (Å²) in [6.07, 6.45) is 1.04. The standard InChI is InChI=1S/C21H29N3O5/c1-21(2,3)20-22-18(23-29-20)12-24-8-7-13-9-16(26-4)17(27-5)10-14(13)15(24)11-19(25)28-6/h9-10,15H,7-8,11-12H2,1-6H3/t15-/m1/s1. The molecule has 1 aromatic carbocycles. The van der Waals surface area contributed by atoms with E-state index in [4.69, 9.17) is 18.7 Å². The van der Waals surface area contributed by atoms with Crippen molar-refractivity contribution in [1.29, 1.82) is 0 Å². The van der Waals surface area contributed by atoms with E-state index in [1.165, 1.54) is 7.11 Å². The largest absolute Gasteiger partial charge is 0.493 e. The number of hydrogen-bond donors (Lipinski definition) is 0. The first-order chi connectivity index (χ1) is 13.8. The maximum absolute atomic E-state index is 12.1. The van der Waals surface area contributed by atoms with Gasteiger partial charge in [-0.3, -0.25) is 9.69 Å². The Morgan fingerprint density at radius 1 is 1.21 bits per heavy atom. The third-order valence-corrected chi connectivity index (χ3v) is 5.16. The number of fused-ring (bicyclic) bond motifs is 1. The van der Waals surface area contributed by atoms with Crippen LogP contribution in [0.3, 0.4) is 0 Å². The predicted molar refractivity (Wildman–Crippen MR) is 106 cm³/mol. The number of esters is 1. The summed E-state index contributed by atoms with van der Waals surface area (Å²) in [6.45, 7) is 7.32. The molecule has 1 aromatic heterocycles. The normalized spacial score (nSPS) is 17.0. The molecule has 0 bridgehead atoms. The number of hydrogen-bond acceptors (Lipinski definition) is 8. The fraction of sp³-hybridized carbons (Fsp3) is 0.571. The maximum Gasteiger partial charge on any atom is 0.307 e. The number of rotatable bonds is 6. The highest BCUT2D eigenvalue weighted by molar-refractivity contribution is 5.70. The van der Waals surface area contributed by atoms with E-state index >= 15 is 0 Å². The Hall–Kier alpha value is -2.61. The second kappa shape index (κ2) is 8.41. The van der Waals surface area contributed by atoms with Crippen LogP contribution in [0.4, 0.5) is 0 Å². The zero-order valence-corrected chi connectivity index (χ0v) is 17.9. The van der Waals surface area contributed by atoms with Gasteiger partial charge in [0.05, 0.1) is 34.3 Å². The van der Waals surface area contributed by atoms with Gasteiger partial charge in [-0.1, -0.05) is 25.9 Å². The number of methoxy groups -OCH3 is 3. The van der Waals surface area contributed by atoms with E-state index in [-0.39, 0.29) is 23.8 Å². The highest BCUT2D eigenvalue weighted by atomic mass is 16.5. The van der Waals surface area contributed by atoms with E-state index in [1.807, 2.05) is 32.9 Å². The Morgan fingerprint density at radius 2 is 1.90 bits per heavy atom. The Kier molecular flexibility index (Phi) is 6.12. The number of ether oxygens (including phenoxy) is 3. The van der Waals surface area contributed by atoms with Crippen LogP contribution in [-0.4, -0.2) is 48.9 Å². The van der Waals surface area contributed by atoms with Crippen LogP contribution in [0.1, 0.15) is 56.1 Å². The quantitative estimate of drug-likeness (QED) is 0.680. The Bertz CT molecular complexity index is 872. The molecule has 0 fully saturated rings. The lowest BCUT2D eigenvalue weighted by Gasteiger charge is -2.36. The summed E-state index contributed by atoms with van der Waals surface area (Å²) in [5.41, 5.74) is 1.95. The van der Waals surface area contributed by atoms with Crippen molar-refractivity contribution in [2.45, 2.75) is 51.6 Å². The minimum Gasteiger partial charge on any atom is -0.493 e. The molecule has 1 aliphatic rings. The van der Waals surface area contributed by atoms with Gasteiger partial charge in [0, 0.05) is 18.0 Å². The maximum atomic E-state index is 12.1. The van der Waals surface area contributed by atoms with Gasteiger partial charge in [-0.15, -0.1) is 0 Å². The van der Waals surface area contributed by atoms with Gasteiger partial charge in [0.15, 0.2) is 17.3 Å². The van der Waals surface area contributed by atoms with E-state index in [1.54, 1.807) is 14.2 Å². The lowest BCUT2D eigenvalue weighted by Crippen LogP contribution is -2.36. The number of carbonyl (C=O) groups excluding carboxylic acids is 1. The molecule has 0 saturated heterocycles. The fourth-order valence-corrected chi connectivity index (χ4v) is 3.55. The molecular formula is C21H29N3O5. The molecule has 0 N–H and O–H groups in total. The van der Waals surface area contributed by atoms with Crippen LogP contribution in [0.15, 0.2) is 16.7 Å². The summed E-state index contributed by atoms with van der Waals surface area (Å²) in [4.78, 5) is 18.9. The Balaban J connectivity index is 1.93. The average molecular weight is 403 g/mol. The van der Waals surface area contributed by atoms with Crippen LogP contribution in [0.2, 0.25) is 0 Å². The van der Waals surface area contributed by atoms with Crippen LogP contribution in [0.25, 0.3) is 0 Å². The van der Waals surface area contributed by atoms with E-state index in [2.05, 4.69) is 15.0 Å². The molecule has 8 nitrogen and oxygen atoms in total. The summed E-state index contributed by atoms with van der Waals surface area (Å²) in [5, 5.41) is 4.14. The molecule has 0 spiro atoms. The van der Waals surface area contributed by atoms with Crippen LogP contribution in [0, 0.1) is 0 Å². The molecular weight excluding hydrogens is 374 g/mol. The van der Waals surface area contributed by atoms with Crippen molar-refractivity contribution in [2.24, 2.45) is 0 Å². The molecule has 2 aromatic rings. The van der Waals surface area contributed by atoms with Crippen molar-refractivity contribution in [3.8, 4) is 11.5 Å². The van der Waals surface area contributed by atoms with Crippen molar-refractivity contribution < 1.29 is 23.5 Å². The molecule has 1 atom stereocenters. The number of benzene rings is 1. The average Bonchev–Trinajstić information content (AvgIpc) is 3.17. The second-order valence-corrected chi connectivity index (χ2v) is 8.19. The van der Waals surface area contributed by atoms with Crippen LogP contribution >= 0.6 is 0 Å². The van der Waals surface area contributed by atoms with Crippen molar-refractivity contribution >= 4 is 5.97 Å². The lowest BCUT2D eigenvalue weighted by atomic mass is 9.90. The van der Waals surface area contributed by atoms with Gasteiger partial charge in [0.25, 0.3) is 0 Å². The van der Waals surface area contributed by atoms with Gasteiger partial charge < -0.3 is 18.7 Å². The molecule has 0 unspecified atom stereocenters. The Labute approximate surface area is 171 Å². The molecule has 1 aliphatic heterocycles. The summed E-state index contributed by atoms with van der Waals surface area (Å²) in [6, 6.07) is 3.76. The third kappa shape index (κ3) is 4.53. The zero-order valence-electron chi connectivity index (χ0n) is 17.9. The van der Waals surface area contributed by atoms with Crippen molar-refractivity contribution in [3.63, 3.8) is 0 Å². The van der Waals surface area contributed by atoms with Gasteiger partial charge in [-0.2, -0.15) is 4.98 Å². The first kappa shape index (κ1) is 21.1. The first-order valence-electron chi connectivity index (χ1n) is 9.65. The molecule has 8 heteroatoms. The van der Waals surface area contributed by atoms with E-state index in [9.17, 15) is 4.79 Å². The Morgan fingerprint density at radius 3 is 2.48 bits per heavy atom. The summed E-state index contributed by atoms with van der Waals surface area (Å²) in [7, 11) is 4.63. The van der Waals surface area contributed by atoms with Gasteiger partial charge in [0.2, 0.25) is 5.89 Å². The lowest BCUT2D eigenvalue weighted by molar-refractivity contribution is -0.142.